The predicted molar refractivity (Wildman–Crippen MR) is 168 cm³/mol. The quantitative estimate of drug-likeness (QED) is 0.0279. The van der Waals surface area contributed by atoms with Gasteiger partial charge in [-0.25, -0.2) is 0 Å². The van der Waals surface area contributed by atoms with Crippen LogP contribution in [-0.4, -0.2) is 33.6 Å². The molecule has 0 saturated carbocycles. The number of azo groups is 1. The van der Waals surface area contributed by atoms with Gasteiger partial charge in [-0.2, -0.15) is 0 Å². The van der Waals surface area contributed by atoms with Crippen molar-refractivity contribution in [3.8, 4) is 0 Å². The first-order valence-electron chi connectivity index (χ1n) is 16.7. The van der Waals surface area contributed by atoms with Gasteiger partial charge in [0, 0.05) is 9.72 Å². The molecule has 0 rings (SSSR count). The van der Waals surface area contributed by atoms with Crippen LogP contribution in [-0.2, 0) is 0 Å². The highest BCUT2D eigenvalue weighted by molar-refractivity contribution is 6.20. The lowest BCUT2D eigenvalue weighted by Crippen LogP contribution is -2.28. The Bertz CT molecular complexity index is 476. The van der Waals surface area contributed by atoms with Crippen molar-refractivity contribution in [2.24, 2.45) is 0 Å². The SMILES string of the molecule is CCCCCCCCCCCCCCC(Cl)C/[N+]([O-])=[N+](\[O-])CC(Cl)CCCCCCCCCCCCCC. The lowest BCUT2D eigenvalue weighted by Gasteiger charge is -2.11. The fraction of sp³-hybridized carbons (Fsp3) is 1.00. The summed E-state index contributed by atoms with van der Waals surface area (Å²) in [5.74, 6) is 0. The predicted octanol–water partition coefficient (Wildman–Crippen LogP) is 11.9. The molecule has 0 bridgehead atoms. The lowest BCUT2D eigenvalue weighted by atomic mass is 10.0. The molecule has 0 aliphatic carbocycles. The van der Waals surface area contributed by atoms with Crippen molar-refractivity contribution in [2.45, 2.75) is 192 Å². The van der Waals surface area contributed by atoms with Crippen molar-refractivity contribution in [3.63, 3.8) is 0 Å². The molecule has 0 N–H and O–H groups in total. The highest BCUT2D eigenvalue weighted by Crippen LogP contribution is 2.16. The topological polar surface area (TPSA) is 52.1 Å². The normalized spacial score (nSPS) is 14.0. The third kappa shape index (κ3) is 27.4. The molecular weight excluding hydrogens is 515 g/mol. The molecule has 0 heterocycles. The molecule has 0 fully saturated rings. The fourth-order valence-corrected chi connectivity index (χ4v) is 5.66. The Labute approximate surface area is 247 Å². The molecule has 4 nitrogen and oxygen atoms in total. The summed E-state index contributed by atoms with van der Waals surface area (Å²) in [5, 5.41) is 23.8. The van der Waals surface area contributed by atoms with E-state index in [1.807, 2.05) is 0 Å². The van der Waals surface area contributed by atoms with Crippen molar-refractivity contribution >= 4 is 23.2 Å². The van der Waals surface area contributed by atoms with E-state index in [1.54, 1.807) is 0 Å². The highest BCUT2D eigenvalue weighted by atomic mass is 35.5. The van der Waals surface area contributed by atoms with Crippen LogP contribution < -0.4 is 0 Å². The van der Waals surface area contributed by atoms with E-state index in [9.17, 15) is 10.4 Å². The van der Waals surface area contributed by atoms with E-state index in [0.717, 1.165) is 38.5 Å². The zero-order valence-corrected chi connectivity index (χ0v) is 26.9. The Hall–Kier alpha value is -0.220. The maximum absolute atomic E-state index is 12.2. The number of unbranched alkanes of at least 4 members (excludes halogenated alkanes) is 22. The highest BCUT2D eigenvalue weighted by Gasteiger charge is 2.19. The Balaban J connectivity index is 3.64. The molecule has 0 aromatic heterocycles. The third-order valence-electron chi connectivity index (χ3n) is 7.70. The van der Waals surface area contributed by atoms with Gasteiger partial charge in [0.2, 0.25) is 13.1 Å². The largest absolute Gasteiger partial charge is 0.567 e. The molecule has 0 radical (unpaired) electrons. The second-order valence-corrected chi connectivity index (χ2v) is 12.9. The van der Waals surface area contributed by atoms with E-state index in [2.05, 4.69) is 13.8 Å². The minimum atomic E-state index is -0.280. The second kappa shape index (κ2) is 29.8. The Morgan fingerprint density at radius 2 is 0.605 bits per heavy atom. The summed E-state index contributed by atoms with van der Waals surface area (Å²) < 4.78 is 0. The van der Waals surface area contributed by atoms with Gasteiger partial charge in [0.1, 0.15) is 10.8 Å². The molecule has 38 heavy (non-hydrogen) atoms. The van der Waals surface area contributed by atoms with Crippen LogP contribution in [0.1, 0.15) is 181 Å². The van der Waals surface area contributed by atoms with E-state index in [1.165, 1.54) is 128 Å². The number of hydrogen-bond acceptors (Lipinski definition) is 2. The standard InChI is InChI=1S/C32H64Cl2N2O2/c1-3-5-7-9-11-13-15-17-19-21-23-25-27-31(33)29-35(37)36(38)30-32(34)28-26-24-22-20-18-16-14-12-10-8-6-4-2/h31-32H,3-30H2,1-2H3/b36-35+. The first-order valence-corrected chi connectivity index (χ1v) is 17.6. The van der Waals surface area contributed by atoms with Crippen LogP contribution in [0.4, 0.5) is 0 Å². The summed E-state index contributed by atoms with van der Waals surface area (Å²) in [6.45, 7) is 4.62. The summed E-state index contributed by atoms with van der Waals surface area (Å²) in [4.78, 5) is 0.936. The van der Waals surface area contributed by atoms with Crippen molar-refractivity contribution in [2.75, 3.05) is 13.1 Å². The fourth-order valence-electron chi connectivity index (χ4n) is 5.12. The molecule has 0 saturated heterocycles. The zero-order valence-electron chi connectivity index (χ0n) is 25.4. The van der Waals surface area contributed by atoms with Crippen LogP contribution in [0, 0.1) is 10.4 Å². The smallest absolute Gasteiger partial charge is 0.236 e. The summed E-state index contributed by atoms with van der Waals surface area (Å²) in [6.07, 6.45) is 32.9. The first kappa shape index (κ1) is 37.8. The summed E-state index contributed by atoms with van der Waals surface area (Å²) in [6, 6.07) is 0. The minimum Gasteiger partial charge on any atom is -0.567 e. The monoisotopic (exact) mass is 578 g/mol. The molecule has 0 aliphatic rings. The molecule has 2 atom stereocenters. The Morgan fingerprint density at radius 1 is 0.395 bits per heavy atom. The van der Waals surface area contributed by atoms with Gasteiger partial charge in [-0.3, -0.25) is 0 Å². The molecule has 2 unspecified atom stereocenters. The molecule has 0 aliphatic heterocycles. The van der Waals surface area contributed by atoms with Gasteiger partial charge < -0.3 is 10.4 Å². The van der Waals surface area contributed by atoms with Crippen LogP contribution in [0.2, 0.25) is 0 Å². The van der Waals surface area contributed by atoms with Gasteiger partial charge in [0.25, 0.3) is 0 Å². The van der Waals surface area contributed by atoms with Gasteiger partial charge >= 0.3 is 0 Å². The number of halogens is 2. The van der Waals surface area contributed by atoms with Crippen molar-refractivity contribution < 1.29 is 9.72 Å². The minimum absolute atomic E-state index is 0.0469. The molecular formula is C32H64Cl2N2O2. The summed E-state index contributed by atoms with van der Waals surface area (Å²) >= 11 is 12.7. The second-order valence-electron chi connectivity index (χ2n) is 11.6. The van der Waals surface area contributed by atoms with Gasteiger partial charge in [-0.15, -0.1) is 23.2 Å². The van der Waals surface area contributed by atoms with Crippen LogP contribution in [0.5, 0.6) is 0 Å². The maximum Gasteiger partial charge on any atom is 0.236 e. The van der Waals surface area contributed by atoms with E-state index < -0.39 is 0 Å². The van der Waals surface area contributed by atoms with Crippen molar-refractivity contribution in [3.05, 3.63) is 10.4 Å². The molecule has 6 heteroatoms. The van der Waals surface area contributed by atoms with Crippen LogP contribution in [0.25, 0.3) is 0 Å². The first-order chi connectivity index (χ1) is 18.5. The Kier molecular flexibility index (Phi) is 29.6. The molecule has 0 aromatic rings. The summed E-state index contributed by atoms with van der Waals surface area (Å²) in [7, 11) is 0. The van der Waals surface area contributed by atoms with Gasteiger partial charge in [-0.05, 0) is 12.8 Å². The van der Waals surface area contributed by atoms with E-state index >= 15 is 0 Å². The Morgan fingerprint density at radius 3 is 0.842 bits per heavy atom. The van der Waals surface area contributed by atoms with Gasteiger partial charge in [0.05, 0.1) is 0 Å². The van der Waals surface area contributed by atoms with E-state index in [4.69, 9.17) is 23.2 Å². The third-order valence-corrected chi connectivity index (χ3v) is 8.41. The number of alkyl halides is 2. The van der Waals surface area contributed by atoms with Crippen LogP contribution >= 0.6 is 23.2 Å². The number of rotatable bonds is 30. The number of nitrogens with zero attached hydrogens (tertiary/aromatic N) is 2. The zero-order chi connectivity index (χ0) is 28.1. The number of hydroxylamine groups is 2. The number of hydrogen-bond donors (Lipinski definition) is 0. The van der Waals surface area contributed by atoms with Crippen LogP contribution in [0.3, 0.4) is 0 Å². The van der Waals surface area contributed by atoms with Gasteiger partial charge in [0.15, 0.2) is 0 Å². The average molecular weight is 580 g/mol. The van der Waals surface area contributed by atoms with Crippen molar-refractivity contribution in [1.29, 1.82) is 0 Å². The molecule has 0 amide bonds. The molecule has 228 valence electrons. The maximum atomic E-state index is 12.2. The lowest BCUT2D eigenvalue weighted by molar-refractivity contribution is -0.969. The summed E-state index contributed by atoms with van der Waals surface area (Å²) in [5.41, 5.74) is 0. The molecule has 0 spiro atoms. The van der Waals surface area contributed by atoms with E-state index in [-0.39, 0.29) is 23.8 Å². The average Bonchev–Trinajstić information content (AvgIpc) is 2.89. The van der Waals surface area contributed by atoms with Crippen molar-refractivity contribution in [1.82, 2.24) is 0 Å². The van der Waals surface area contributed by atoms with Gasteiger partial charge in [-0.1, -0.05) is 168 Å². The van der Waals surface area contributed by atoms with Crippen LogP contribution in [0.15, 0.2) is 0 Å². The molecule has 0 aromatic carbocycles. The van der Waals surface area contributed by atoms with E-state index in [0.29, 0.717) is 9.72 Å².